The standard InChI is InChI=1S/C12H10Br2FNS/c1-6-4-10(17-12(6)14)11(16)8-5-7(15)2-3-9(8)13/h2-5,11H,16H2,1H3. The topological polar surface area (TPSA) is 26.0 Å². The average Bonchev–Trinajstić information content (AvgIpc) is 2.62. The minimum Gasteiger partial charge on any atom is -0.320 e. The lowest BCUT2D eigenvalue weighted by Crippen LogP contribution is -2.11. The molecule has 2 aromatic rings. The molecule has 1 heterocycles. The highest BCUT2D eigenvalue weighted by Crippen LogP contribution is 2.35. The maximum absolute atomic E-state index is 13.2. The first-order valence-electron chi connectivity index (χ1n) is 4.95. The Morgan fingerprint density at radius 1 is 1.29 bits per heavy atom. The molecule has 1 unspecified atom stereocenters. The molecule has 0 bridgehead atoms. The molecule has 1 aromatic carbocycles. The fourth-order valence-corrected chi connectivity index (χ4v) is 3.63. The first-order valence-corrected chi connectivity index (χ1v) is 7.35. The smallest absolute Gasteiger partial charge is 0.123 e. The molecule has 0 fully saturated rings. The fourth-order valence-electron chi connectivity index (χ4n) is 1.54. The van der Waals surface area contributed by atoms with Crippen LogP contribution in [0.2, 0.25) is 0 Å². The van der Waals surface area contributed by atoms with Gasteiger partial charge in [0.2, 0.25) is 0 Å². The molecule has 0 aliphatic heterocycles. The van der Waals surface area contributed by atoms with Gasteiger partial charge in [0.25, 0.3) is 0 Å². The van der Waals surface area contributed by atoms with Gasteiger partial charge in [0.15, 0.2) is 0 Å². The predicted octanol–water partition coefficient (Wildman–Crippen LogP) is 4.77. The van der Waals surface area contributed by atoms with E-state index in [1.165, 1.54) is 12.1 Å². The van der Waals surface area contributed by atoms with Gasteiger partial charge in [0.1, 0.15) is 5.82 Å². The van der Waals surface area contributed by atoms with Crippen LogP contribution in [-0.2, 0) is 0 Å². The Morgan fingerprint density at radius 2 is 2.00 bits per heavy atom. The Hall–Kier alpha value is -0.230. The van der Waals surface area contributed by atoms with Crippen LogP contribution in [0.4, 0.5) is 4.39 Å². The van der Waals surface area contributed by atoms with Crippen molar-refractivity contribution in [2.24, 2.45) is 5.73 Å². The monoisotopic (exact) mass is 377 g/mol. The molecule has 1 atom stereocenters. The van der Waals surface area contributed by atoms with Crippen molar-refractivity contribution in [2.75, 3.05) is 0 Å². The van der Waals surface area contributed by atoms with Crippen LogP contribution in [-0.4, -0.2) is 0 Å². The molecule has 1 aromatic heterocycles. The summed E-state index contributed by atoms with van der Waals surface area (Å²) in [5, 5.41) is 0. The van der Waals surface area contributed by atoms with Gasteiger partial charge in [0.05, 0.1) is 9.83 Å². The third kappa shape index (κ3) is 2.78. The summed E-state index contributed by atoms with van der Waals surface area (Å²) in [5.41, 5.74) is 8.07. The van der Waals surface area contributed by atoms with E-state index in [1.54, 1.807) is 17.4 Å². The number of thiophene rings is 1. The number of hydrogen-bond donors (Lipinski definition) is 1. The van der Waals surface area contributed by atoms with Crippen LogP contribution in [0.3, 0.4) is 0 Å². The lowest BCUT2D eigenvalue weighted by molar-refractivity contribution is 0.623. The fraction of sp³-hybridized carbons (Fsp3) is 0.167. The van der Waals surface area contributed by atoms with Crippen LogP contribution in [0.25, 0.3) is 0 Å². The quantitative estimate of drug-likeness (QED) is 0.800. The van der Waals surface area contributed by atoms with Crippen molar-refractivity contribution in [2.45, 2.75) is 13.0 Å². The van der Waals surface area contributed by atoms with E-state index in [2.05, 4.69) is 31.9 Å². The molecule has 2 rings (SSSR count). The molecule has 0 amide bonds. The van der Waals surface area contributed by atoms with Crippen molar-refractivity contribution in [3.05, 3.63) is 54.3 Å². The Balaban J connectivity index is 2.42. The summed E-state index contributed by atoms with van der Waals surface area (Å²) in [6.07, 6.45) is 0. The van der Waals surface area contributed by atoms with Gasteiger partial charge >= 0.3 is 0 Å². The minimum atomic E-state index is -0.310. The summed E-state index contributed by atoms with van der Waals surface area (Å²) in [5.74, 6) is -0.272. The van der Waals surface area contributed by atoms with Crippen LogP contribution in [0.5, 0.6) is 0 Å². The minimum absolute atomic E-state index is 0.272. The van der Waals surface area contributed by atoms with E-state index in [-0.39, 0.29) is 11.9 Å². The number of halogens is 3. The van der Waals surface area contributed by atoms with Crippen LogP contribution in [0.15, 0.2) is 32.5 Å². The van der Waals surface area contributed by atoms with E-state index in [0.29, 0.717) is 0 Å². The van der Waals surface area contributed by atoms with Crippen molar-refractivity contribution >= 4 is 43.2 Å². The highest BCUT2D eigenvalue weighted by atomic mass is 79.9. The van der Waals surface area contributed by atoms with E-state index >= 15 is 0 Å². The highest BCUT2D eigenvalue weighted by Gasteiger charge is 2.16. The molecule has 0 saturated carbocycles. The molecular weight excluding hydrogens is 369 g/mol. The molecule has 0 aliphatic rings. The number of hydrogen-bond acceptors (Lipinski definition) is 2. The van der Waals surface area contributed by atoms with Crippen molar-refractivity contribution in [1.29, 1.82) is 0 Å². The van der Waals surface area contributed by atoms with Crippen molar-refractivity contribution in [3.63, 3.8) is 0 Å². The van der Waals surface area contributed by atoms with Crippen LogP contribution in [0.1, 0.15) is 22.0 Å². The lowest BCUT2D eigenvalue weighted by Gasteiger charge is -2.12. The normalized spacial score (nSPS) is 12.8. The second kappa shape index (κ2) is 5.18. The Bertz CT molecular complexity index is 534. The second-order valence-corrected chi connectivity index (χ2v) is 7.01. The number of aryl methyl sites for hydroxylation is 1. The van der Waals surface area contributed by atoms with E-state index < -0.39 is 0 Å². The molecule has 0 spiro atoms. The Kier molecular flexibility index (Phi) is 4.02. The molecule has 0 saturated heterocycles. The zero-order chi connectivity index (χ0) is 12.6. The van der Waals surface area contributed by atoms with Crippen molar-refractivity contribution < 1.29 is 4.39 Å². The molecule has 90 valence electrons. The third-order valence-corrected chi connectivity index (χ3v) is 5.42. The molecule has 0 radical (unpaired) electrons. The van der Waals surface area contributed by atoms with E-state index in [4.69, 9.17) is 5.73 Å². The summed E-state index contributed by atoms with van der Waals surface area (Å²) in [4.78, 5) is 1.01. The summed E-state index contributed by atoms with van der Waals surface area (Å²) >= 11 is 8.45. The van der Waals surface area contributed by atoms with Gasteiger partial charge < -0.3 is 5.73 Å². The first kappa shape index (κ1) is 13.2. The summed E-state index contributed by atoms with van der Waals surface area (Å²) in [6.45, 7) is 2.01. The maximum atomic E-state index is 13.2. The van der Waals surface area contributed by atoms with Gasteiger partial charge in [-0.3, -0.25) is 0 Å². The summed E-state index contributed by atoms with van der Waals surface area (Å²) in [7, 11) is 0. The number of benzene rings is 1. The highest BCUT2D eigenvalue weighted by molar-refractivity contribution is 9.11. The number of rotatable bonds is 2. The lowest BCUT2D eigenvalue weighted by atomic mass is 10.1. The zero-order valence-electron chi connectivity index (χ0n) is 9.01. The van der Waals surface area contributed by atoms with Crippen molar-refractivity contribution in [3.8, 4) is 0 Å². The second-order valence-electron chi connectivity index (χ2n) is 3.75. The molecule has 5 heteroatoms. The largest absolute Gasteiger partial charge is 0.320 e. The van der Waals surface area contributed by atoms with Crippen LogP contribution in [0, 0.1) is 12.7 Å². The van der Waals surface area contributed by atoms with Gasteiger partial charge in [0, 0.05) is 9.35 Å². The Morgan fingerprint density at radius 3 is 2.59 bits per heavy atom. The predicted molar refractivity (Wildman–Crippen MR) is 76.9 cm³/mol. The maximum Gasteiger partial charge on any atom is 0.123 e. The summed E-state index contributed by atoms with van der Waals surface area (Å²) < 4.78 is 15.1. The first-order chi connectivity index (χ1) is 7.99. The Labute approximate surface area is 120 Å². The average molecular weight is 379 g/mol. The van der Waals surface area contributed by atoms with E-state index in [9.17, 15) is 4.39 Å². The van der Waals surface area contributed by atoms with Gasteiger partial charge in [-0.1, -0.05) is 15.9 Å². The molecule has 1 nitrogen and oxygen atoms in total. The van der Waals surface area contributed by atoms with Gasteiger partial charge in [-0.2, -0.15) is 0 Å². The molecular formula is C12H10Br2FNS. The van der Waals surface area contributed by atoms with Gasteiger partial charge in [-0.05, 0) is 58.2 Å². The molecule has 0 aliphatic carbocycles. The molecule has 17 heavy (non-hydrogen) atoms. The zero-order valence-corrected chi connectivity index (χ0v) is 13.0. The van der Waals surface area contributed by atoms with Gasteiger partial charge in [-0.25, -0.2) is 4.39 Å². The van der Waals surface area contributed by atoms with E-state index in [0.717, 1.165) is 24.3 Å². The van der Waals surface area contributed by atoms with Gasteiger partial charge in [-0.15, -0.1) is 11.3 Å². The van der Waals surface area contributed by atoms with Crippen LogP contribution < -0.4 is 5.73 Å². The number of nitrogens with two attached hydrogens (primary N) is 1. The van der Waals surface area contributed by atoms with Crippen molar-refractivity contribution in [1.82, 2.24) is 0 Å². The summed E-state index contributed by atoms with van der Waals surface area (Å²) in [6, 6.07) is 6.28. The SMILES string of the molecule is Cc1cc(C(N)c2cc(F)ccc2Br)sc1Br. The van der Waals surface area contributed by atoms with E-state index in [1.807, 2.05) is 13.0 Å². The third-order valence-electron chi connectivity index (χ3n) is 2.48. The molecule has 2 N–H and O–H groups in total. The van der Waals surface area contributed by atoms with Crippen LogP contribution >= 0.6 is 43.2 Å².